The molecule has 0 aliphatic rings. The van der Waals surface area contributed by atoms with Crippen LogP contribution >= 0.6 is 0 Å². The van der Waals surface area contributed by atoms with E-state index in [4.69, 9.17) is 0 Å². The Morgan fingerprint density at radius 3 is 2.44 bits per heavy atom. The second-order valence-corrected chi connectivity index (χ2v) is 9.54. The number of halogens is 2. The average molecular weight is 493 g/mol. The van der Waals surface area contributed by atoms with Crippen molar-refractivity contribution in [2.75, 3.05) is 23.2 Å². The normalized spacial score (nSPS) is 11.5. The van der Waals surface area contributed by atoms with Crippen molar-refractivity contribution in [2.45, 2.75) is 38.6 Å². The highest BCUT2D eigenvalue weighted by Crippen LogP contribution is 2.26. The number of aryl methyl sites for hydroxylation is 2. The van der Waals surface area contributed by atoms with E-state index in [0.717, 1.165) is 29.6 Å². The molecule has 0 saturated carbocycles. The van der Waals surface area contributed by atoms with E-state index in [2.05, 4.69) is 9.82 Å². The molecule has 1 heterocycles. The number of benzene rings is 2. The lowest BCUT2D eigenvalue weighted by molar-refractivity contribution is 0.0697. The summed E-state index contributed by atoms with van der Waals surface area (Å²) in [5.41, 5.74) is 3.37. The number of carboxylic acid groups (broad SMARTS) is 1. The van der Waals surface area contributed by atoms with Crippen molar-refractivity contribution in [1.82, 2.24) is 9.78 Å². The number of nitrogens with zero attached hydrogens (tertiary/aromatic N) is 3. The average Bonchev–Trinajstić information content (AvgIpc) is 3.06. The van der Waals surface area contributed by atoms with Crippen molar-refractivity contribution in [2.24, 2.45) is 0 Å². The van der Waals surface area contributed by atoms with Crippen LogP contribution in [-0.2, 0) is 23.0 Å². The molecule has 0 aliphatic heterocycles. The second-order valence-electron chi connectivity index (χ2n) is 7.86. The monoisotopic (exact) mass is 492 g/mol. The van der Waals surface area contributed by atoms with Gasteiger partial charge in [0.2, 0.25) is 0 Å². The molecule has 0 saturated heterocycles. The number of sulfonamides is 1. The summed E-state index contributed by atoms with van der Waals surface area (Å²) in [5, 5.41) is 14.2. The van der Waals surface area contributed by atoms with Gasteiger partial charge in [0.1, 0.15) is 0 Å². The van der Waals surface area contributed by atoms with Crippen LogP contribution in [0, 0.1) is 25.5 Å². The van der Waals surface area contributed by atoms with Crippen molar-refractivity contribution in [3.63, 3.8) is 0 Å². The third-order valence-electron chi connectivity index (χ3n) is 5.62. The molecule has 0 bridgehead atoms. The van der Waals surface area contributed by atoms with Crippen LogP contribution in [0.15, 0.2) is 41.3 Å². The van der Waals surface area contributed by atoms with Crippen molar-refractivity contribution in [1.29, 1.82) is 0 Å². The van der Waals surface area contributed by atoms with Gasteiger partial charge in [-0.15, -0.1) is 0 Å². The molecule has 0 atom stereocenters. The third kappa shape index (κ3) is 5.19. The number of likely N-dealkylation sites (N-methyl/N-ethyl adjacent to an activating group) is 1. The van der Waals surface area contributed by atoms with Gasteiger partial charge in [-0.1, -0.05) is 0 Å². The Morgan fingerprint density at radius 2 is 1.85 bits per heavy atom. The van der Waals surface area contributed by atoms with Gasteiger partial charge in [-0.3, -0.25) is 9.40 Å². The summed E-state index contributed by atoms with van der Waals surface area (Å²) >= 11 is 0. The fourth-order valence-corrected chi connectivity index (χ4v) is 4.83. The SMILES string of the molecule is CCn1nc(C)c(CCN(C)c2ccc(NS(=O)(=O)c3ccc(F)c(F)c3)cc2C(=O)O)c1C. The van der Waals surface area contributed by atoms with E-state index < -0.39 is 32.5 Å². The Morgan fingerprint density at radius 1 is 1.15 bits per heavy atom. The predicted octanol–water partition coefficient (Wildman–Crippen LogP) is 3.98. The number of carbonyl (C=O) groups is 1. The van der Waals surface area contributed by atoms with E-state index in [1.165, 1.54) is 18.2 Å². The summed E-state index contributed by atoms with van der Waals surface area (Å²) in [6, 6.07) is 6.30. The summed E-state index contributed by atoms with van der Waals surface area (Å²) in [7, 11) is -2.50. The van der Waals surface area contributed by atoms with Gasteiger partial charge in [-0.05, 0) is 69.2 Å². The van der Waals surface area contributed by atoms with Crippen molar-refractivity contribution in [3.8, 4) is 0 Å². The summed E-state index contributed by atoms with van der Waals surface area (Å²) in [5.74, 6) is -3.71. The molecule has 1 aromatic heterocycles. The van der Waals surface area contributed by atoms with Gasteiger partial charge < -0.3 is 10.0 Å². The highest BCUT2D eigenvalue weighted by molar-refractivity contribution is 7.92. The maximum atomic E-state index is 13.5. The molecule has 0 amide bonds. The fraction of sp³-hybridized carbons (Fsp3) is 0.304. The molecule has 3 rings (SSSR count). The zero-order valence-electron chi connectivity index (χ0n) is 19.3. The van der Waals surface area contributed by atoms with E-state index >= 15 is 0 Å². The Labute approximate surface area is 196 Å². The minimum Gasteiger partial charge on any atom is -0.478 e. The highest BCUT2D eigenvalue weighted by atomic mass is 32.2. The minimum absolute atomic E-state index is 0.0183. The Kier molecular flexibility index (Phi) is 7.25. The number of aromatic carboxylic acids is 1. The van der Waals surface area contributed by atoms with Gasteiger partial charge in [0.15, 0.2) is 11.6 Å². The van der Waals surface area contributed by atoms with Gasteiger partial charge >= 0.3 is 5.97 Å². The molecule has 2 N–H and O–H groups in total. The number of aromatic nitrogens is 2. The quantitative estimate of drug-likeness (QED) is 0.468. The molecule has 0 unspecified atom stereocenters. The van der Waals surface area contributed by atoms with Gasteiger partial charge in [0.25, 0.3) is 10.0 Å². The van der Waals surface area contributed by atoms with Crippen molar-refractivity contribution < 1.29 is 27.1 Å². The molecule has 0 spiro atoms. The van der Waals surface area contributed by atoms with Gasteiger partial charge in [-0.2, -0.15) is 5.10 Å². The van der Waals surface area contributed by atoms with E-state index in [1.54, 1.807) is 11.9 Å². The van der Waals surface area contributed by atoms with Gasteiger partial charge in [0.05, 0.1) is 21.8 Å². The van der Waals surface area contributed by atoms with E-state index in [-0.39, 0.29) is 11.3 Å². The zero-order chi connectivity index (χ0) is 25.2. The summed E-state index contributed by atoms with van der Waals surface area (Å²) in [4.78, 5) is 13.2. The first-order valence-corrected chi connectivity index (χ1v) is 12.0. The fourth-order valence-electron chi connectivity index (χ4n) is 3.77. The minimum atomic E-state index is -4.26. The largest absolute Gasteiger partial charge is 0.478 e. The van der Waals surface area contributed by atoms with E-state index in [1.807, 2.05) is 25.5 Å². The van der Waals surface area contributed by atoms with Crippen LogP contribution in [0.1, 0.15) is 34.2 Å². The lowest BCUT2D eigenvalue weighted by Crippen LogP contribution is -2.23. The maximum absolute atomic E-state index is 13.5. The van der Waals surface area contributed by atoms with Crippen LogP contribution in [0.25, 0.3) is 0 Å². The molecular formula is C23H26F2N4O4S. The standard InChI is InChI=1S/C23H26F2N4O4S/c1-5-29-15(3)18(14(2)26-29)10-11-28(4)22-9-6-16(12-19(22)23(30)31)27-34(32,33)17-7-8-20(24)21(25)13-17/h6-9,12-13,27H,5,10-11H2,1-4H3,(H,30,31). The first kappa shape index (κ1) is 25.2. The van der Waals surface area contributed by atoms with E-state index in [0.29, 0.717) is 30.8 Å². The Balaban J connectivity index is 1.83. The van der Waals surface area contributed by atoms with Crippen LogP contribution in [0.5, 0.6) is 0 Å². The van der Waals surface area contributed by atoms with Crippen LogP contribution in [0.3, 0.4) is 0 Å². The summed E-state index contributed by atoms with van der Waals surface area (Å²) < 4.78 is 55.8. The first-order chi connectivity index (χ1) is 15.9. The molecule has 8 nitrogen and oxygen atoms in total. The molecule has 11 heteroatoms. The molecule has 0 aliphatic carbocycles. The Bertz CT molecular complexity index is 1340. The maximum Gasteiger partial charge on any atom is 0.337 e. The van der Waals surface area contributed by atoms with Crippen molar-refractivity contribution >= 4 is 27.4 Å². The van der Waals surface area contributed by atoms with Crippen LogP contribution in [0.2, 0.25) is 0 Å². The summed E-state index contributed by atoms with van der Waals surface area (Å²) in [6.45, 7) is 7.21. The number of nitrogens with one attached hydrogen (secondary N) is 1. The van der Waals surface area contributed by atoms with Crippen molar-refractivity contribution in [3.05, 3.63) is 70.5 Å². The number of carboxylic acids is 1. The summed E-state index contributed by atoms with van der Waals surface area (Å²) in [6.07, 6.45) is 0.651. The molecule has 34 heavy (non-hydrogen) atoms. The van der Waals surface area contributed by atoms with Crippen LogP contribution < -0.4 is 9.62 Å². The lowest BCUT2D eigenvalue weighted by Gasteiger charge is -2.22. The topological polar surface area (TPSA) is 105 Å². The first-order valence-electron chi connectivity index (χ1n) is 10.5. The number of anilines is 2. The Hall–Kier alpha value is -3.47. The molecular weight excluding hydrogens is 466 g/mol. The van der Waals surface area contributed by atoms with Crippen LogP contribution in [0.4, 0.5) is 20.2 Å². The molecule has 182 valence electrons. The number of rotatable bonds is 9. The smallest absolute Gasteiger partial charge is 0.337 e. The zero-order valence-corrected chi connectivity index (χ0v) is 20.1. The molecule has 3 aromatic rings. The van der Waals surface area contributed by atoms with Gasteiger partial charge in [0, 0.05) is 31.5 Å². The highest BCUT2D eigenvalue weighted by Gasteiger charge is 2.20. The van der Waals surface area contributed by atoms with Gasteiger partial charge in [-0.25, -0.2) is 22.0 Å². The number of hydrogen-bond donors (Lipinski definition) is 2. The van der Waals surface area contributed by atoms with E-state index in [9.17, 15) is 27.1 Å². The molecule has 0 radical (unpaired) electrons. The lowest BCUT2D eigenvalue weighted by atomic mass is 10.1. The number of hydrogen-bond acceptors (Lipinski definition) is 5. The molecule has 0 fully saturated rings. The van der Waals surface area contributed by atoms with Crippen LogP contribution in [-0.4, -0.2) is 42.9 Å². The molecule has 2 aromatic carbocycles. The third-order valence-corrected chi connectivity index (χ3v) is 7.00. The second kappa shape index (κ2) is 9.80. The predicted molar refractivity (Wildman–Crippen MR) is 125 cm³/mol.